The summed E-state index contributed by atoms with van der Waals surface area (Å²) in [5.74, 6) is 0.649. The van der Waals surface area contributed by atoms with Gasteiger partial charge in [0.1, 0.15) is 5.69 Å². The first-order valence-corrected chi connectivity index (χ1v) is 6.85. The molecule has 0 bridgehead atoms. The molecule has 0 spiro atoms. The van der Waals surface area contributed by atoms with Crippen LogP contribution in [0.1, 0.15) is 19.8 Å². The maximum absolute atomic E-state index is 11.2. The number of nitrogens with one attached hydrogen (secondary N) is 1. The molecule has 2 aromatic rings. The lowest BCUT2D eigenvalue weighted by atomic mass is 10.2. The van der Waals surface area contributed by atoms with Crippen LogP contribution in [0.3, 0.4) is 0 Å². The molecule has 1 aromatic carbocycles. The molecule has 0 radical (unpaired) electrons. The minimum Gasteiger partial charge on any atom is -0.376 e. The molecule has 0 amide bonds. The van der Waals surface area contributed by atoms with Gasteiger partial charge in [0.05, 0.1) is 15.1 Å². The number of rotatable bonds is 4. The molecular weight excluding hydrogens is 250 g/mol. The van der Waals surface area contributed by atoms with Gasteiger partial charge in [0.15, 0.2) is 5.52 Å². The van der Waals surface area contributed by atoms with Gasteiger partial charge in [-0.05, 0) is 24.5 Å². The number of hydrogen-bond donors (Lipinski definition) is 1. The Balaban J connectivity index is 2.00. The van der Waals surface area contributed by atoms with Crippen molar-refractivity contribution in [1.82, 2.24) is 4.98 Å². The van der Waals surface area contributed by atoms with E-state index in [0.29, 0.717) is 23.2 Å². The van der Waals surface area contributed by atoms with Crippen molar-refractivity contribution in [2.75, 3.05) is 5.32 Å². The maximum atomic E-state index is 11.2. The third-order valence-electron chi connectivity index (χ3n) is 3.45. The molecule has 94 valence electrons. The second-order valence-electron chi connectivity index (χ2n) is 4.57. The van der Waals surface area contributed by atoms with Gasteiger partial charge in [-0.15, -0.1) is 11.3 Å². The van der Waals surface area contributed by atoms with E-state index in [1.165, 1.54) is 11.3 Å². The third-order valence-corrected chi connectivity index (χ3v) is 4.24. The van der Waals surface area contributed by atoms with Gasteiger partial charge >= 0.3 is 5.69 Å². The van der Waals surface area contributed by atoms with Gasteiger partial charge in [-0.1, -0.05) is 13.3 Å². The molecule has 2 atom stereocenters. The van der Waals surface area contributed by atoms with Crippen molar-refractivity contribution in [2.45, 2.75) is 25.8 Å². The molecule has 0 aliphatic heterocycles. The Kier molecular flexibility index (Phi) is 2.66. The highest BCUT2D eigenvalue weighted by Gasteiger charge is 2.36. The van der Waals surface area contributed by atoms with E-state index >= 15 is 0 Å². The summed E-state index contributed by atoms with van der Waals surface area (Å²) in [5, 5.41) is 14.5. The van der Waals surface area contributed by atoms with Gasteiger partial charge in [0.25, 0.3) is 0 Å². The summed E-state index contributed by atoms with van der Waals surface area (Å²) in [7, 11) is 0. The van der Waals surface area contributed by atoms with Gasteiger partial charge in [0, 0.05) is 6.04 Å². The van der Waals surface area contributed by atoms with Gasteiger partial charge in [-0.25, -0.2) is 4.98 Å². The van der Waals surface area contributed by atoms with Gasteiger partial charge in [-0.2, -0.15) is 0 Å². The van der Waals surface area contributed by atoms with Crippen LogP contribution in [0.4, 0.5) is 11.4 Å². The number of thiazole rings is 1. The van der Waals surface area contributed by atoms with Crippen LogP contribution in [0.2, 0.25) is 0 Å². The average molecular weight is 263 g/mol. The monoisotopic (exact) mass is 263 g/mol. The summed E-state index contributed by atoms with van der Waals surface area (Å²) < 4.78 is 0.857. The zero-order chi connectivity index (χ0) is 12.7. The number of nitro benzene ring substituents is 1. The number of nitrogens with zero attached hydrogens (tertiary/aromatic N) is 2. The lowest BCUT2D eigenvalue weighted by Crippen LogP contribution is -2.06. The minimum atomic E-state index is -0.340. The molecule has 1 heterocycles. The lowest BCUT2D eigenvalue weighted by Gasteiger charge is -2.06. The fourth-order valence-electron chi connectivity index (χ4n) is 2.29. The van der Waals surface area contributed by atoms with Crippen LogP contribution in [0.5, 0.6) is 0 Å². The Morgan fingerprint density at radius 3 is 3.11 bits per heavy atom. The van der Waals surface area contributed by atoms with E-state index in [1.54, 1.807) is 11.6 Å². The zero-order valence-electron chi connectivity index (χ0n) is 9.92. The normalized spacial score (nSPS) is 22.1. The molecule has 1 saturated carbocycles. The van der Waals surface area contributed by atoms with E-state index in [0.717, 1.165) is 17.5 Å². The van der Waals surface area contributed by atoms with E-state index in [9.17, 15) is 10.1 Å². The van der Waals surface area contributed by atoms with Crippen LogP contribution < -0.4 is 5.32 Å². The van der Waals surface area contributed by atoms with E-state index in [4.69, 9.17) is 0 Å². The highest BCUT2D eigenvalue weighted by atomic mass is 32.1. The summed E-state index contributed by atoms with van der Waals surface area (Å²) in [4.78, 5) is 15.0. The van der Waals surface area contributed by atoms with Crippen LogP contribution >= 0.6 is 11.3 Å². The minimum absolute atomic E-state index is 0.107. The van der Waals surface area contributed by atoms with Crippen molar-refractivity contribution in [2.24, 2.45) is 5.92 Å². The fourth-order valence-corrected chi connectivity index (χ4v) is 2.97. The highest BCUT2D eigenvalue weighted by Crippen LogP contribution is 2.40. The van der Waals surface area contributed by atoms with Gasteiger partial charge in [0.2, 0.25) is 0 Å². The fraction of sp³-hybridized carbons (Fsp3) is 0.417. The molecular formula is C12H13N3O2S. The van der Waals surface area contributed by atoms with Crippen molar-refractivity contribution in [3.8, 4) is 0 Å². The summed E-state index contributed by atoms with van der Waals surface area (Å²) in [5.41, 5.74) is 2.84. The molecule has 6 heteroatoms. The highest BCUT2D eigenvalue weighted by molar-refractivity contribution is 7.16. The SMILES string of the molecule is CCC1CC1Nc1ccc2scnc2c1[N+](=O)[O-]. The van der Waals surface area contributed by atoms with Crippen molar-refractivity contribution < 1.29 is 4.92 Å². The van der Waals surface area contributed by atoms with Crippen LogP contribution in [-0.2, 0) is 0 Å². The number of hydrogen-bond acceptors (Lipinski definition) is 5. The van der Waals surface area contributed by atoms with E-state index in [-0.39, 0.29) is 10.6 Å². The summed E-state index contributed by atoms with van der Waals surface area (Å²) in [6, 6.07) is 4.07. The number of aromatic nitrogens is 1. The molecule has 1 fully saturated rings. The largest absolute Gasteiger partial charge is 0.376 e. The summed E-state index contributed by atoms with van der Waals surface area (Å²) >= 11 is 1.42. The molecule has 5 nitrogen and oxygen atoms in total. The zero-order valence-corrected chi connectivity index (χ0v) is 10.7. The maximum Gasteiger partial charge on any atom is 0.319 e. The van der Waals surface area contributed by atoms with Crippen LogP contribution in [0.15, 0.2) is 17.6 Å². The topological polar surface area (TPSA) is 68.1 Å². The Hall–Kier alpha value is -1.69. The Morgan fingerprint density at radius 2 is 2.44 bits per heavy atom. The van der Waals surface area contributed by atoms with E-state index < -0.39 is 0 Å². The summed E-state index contributed by atoms with van der Waals surface area (Å²) in [6.07, 6.45) is 2.22. The van der Waals surface area contributed by atoms with Gasteiger partial charge < -0.3 is 5.32 Å². The van der Waals surface area contributed by atoms with Crippen LogP contribution in [-0.4, -0.2) is 15.9 Å². The number of anilines is 1. The average Bonchev–Trinajstić information content (AvgIpc) is 2.92. The molecule has 1 aliphatic carbocycles. The van der Waals surface area contributed by atoms with Crippen LogP contribution in [0, 0.1) is 16.0 Å². The lowest BCUT2D eigenvalue weighted by molar-refractivity contribution is -0.382. The molecule has 1 aromatic heterocycles. The molecule has 3 rings (SSSR count). The quantitative estimate of drug-likeness (QED) is 0.678. The second kappa shape index (κ2) is 4.20. The first-order chi connectivity index (χ1) is 8.70. The molecule has 18 heavy (non-hydrogen) atoms. The van der Waals surface area contributed by atoms with Crippen molar-refractivity contribution in [1.29, 1.82) is 0 Å². The Labute approximate surface area is 108 Å². The first-order valence-electron chi connectivity index (χ1n) is 5.97. The Morgan fingerprint density at radius 1 is 1.61 bits per heavy atom. The summed E-state index contributed by atoms with van der Waals surface area (Å²) in [6.45, 7) is 2.14. The van der Waals surface area contributed by atoms with Crippen molar-refractivity contribution >= 4 is 32.9 Å². The number of nitro groups is 1. The smallest absolute Gasteiger partial charge is 0.319 e. The standard InChI is InChI=1S/C12H13N3O2S/c1-2-7-5-9(7)14-8-3-4-10-11(13-6-18-10)12(8)15(16)17/h3-4,6-7,9,14H,2,5H2,1H3. The molecule has 1 aliphatic rings. The predicted molar refractivity (Wildman–Crippen MR) is 72.1 cm³/mol. The molecule has 2 unspecified atom stereocenters. The van der Waals surface area contributed by atoms with Crippen LogP contribution in [0.25, 0.3) is 10.2 Å². The van der Waals surface area contributed by atoms with Crippen molar-refractivity contribution in [3.05, 3.63) is 27.8 Å². The van der Waals surface area contributed by atoms with E-state index in [2.05, 4.69) is 17.2 Å². The van der Waals surface area contributed by atoms with E-state index in [1.807, 2.05) is 6.07 Å². The predicted octanol–water partition coefficient (Wildman–Crippen LogP) is 3.41. The molecule has 1 N–H and O–H groups in total. The first kappa shape index (κ1) is 11.4. The third kappa shape index (κ3) is 1.82. The Bertz CT molecular complexity index is 610. The van der Waals surface area contributed by atoms with Crippen molar-refractivity contribution in [3.63, 3.8) is 0 Å². The number of fused-ring (bicyclic) bond motifs is 1. The molecule has 0 saturated heterocycles. The second-order valence-corrected chi connectivity index (χ2v) is 5.46. The number of benzene rings is 1. The van der Waals surface area contributed by atoms with Gasteiger partial charge in [-0.3, -0.25) is 10.1 Å².